The van der Waals surface area contributed by atoms with Crippen LogP contribution in [0.4, 0.5) is 5.69 Å². The SMILES string of the molecule is COc1nc2cc(NC(=O)Cn3nc(C4=CCC(C)(C)CC4)c(OC)cc3=O)ccc2o1. The van der Waals surface area contributed by atoms with Gasteiger partial charge in [0.2, 0.25) is 5.91 Å². The zero-order valence-corrected chi connectivity index (χ0v) is 18.6. The molecule has 0 fully saturated rings. The lowest BCUT2D eigenvalue weighted by molar-refractivity contribution is -0.117. The molecule has 9 nitrogen and oxygen atoms in total. The highest BCUT2D eigenvalue weighted by molar-refractivity contribution is 5.92. The van der Waals surface area contributed by atoms with Gasteiger partial charge in [0.25, 0.3) is 5.56 Å². The van der Waals surface area contributed by atoms with Gasteiger partial charge in [0, 0.05) is 11.8 Å². The molecule has 0 radical (unpaired) electrons. The van der Waals surface area contributed by atoms with Crippen LogP contribution in [-0.4, -0.2) is 34.9 Å². The molecule has 1 amide bonds. The number of amides is 1. The Labute approximate surface area is 185 Å². The summed E-state index contributed by atoms with van der Waals surface area (Å²) >= 11 is 0. The highest BCUT2D eigenvalue weighted by atomic mass is 16.6. The third-order valence-electron chi connectivity index (χ3n) is 5.58. The van der Waals surface area contributed by atoms with E-state index in [-0.39, 0.29) is 23.9 Å². The maximum atomic E-state index is 12.6. The van der Waals surface area contributed by atoms with Crippen molar-refractivity contribution < 1.29 is 18.7 Å². The van der Waals surface area contributed by atoms with E-state index in [0.717, 1.165) is 29.5 Å². The predicted molar refractivity (Wildman–Crippen MR) is 120 cm³/mol. The Morgan fingerprint density at radius 3 is 2.75 bits per heavy atom. The zero-order valence-electron chi connectivity index (χ0n) is 18.6. The summed E-state index contributed by atoms with van der Waals surface area (Å²) in [5, 5.41) is 7.24. The number of aromatic nitrogens is 3. The van der Waals surface area contributed by atoms with E-state index in [0.29, 0.717) is 28.2 Å². The van der Waals surface area contributed by atoms with Gasteiger partial charge in [0.1, 0.15) is 17.8 Å². The number of nitrogens with one attached hydrogen (secondary N) is 1. The van der Waals surface area contributed by atoms with Gasteiger partial charge in [-0.15, -0.1) is 0 Å². The van der Waals surface area contributed by atoms with Crippen LogP contribution in [0.3, 0.4) is 0 Å². The van der Waals surface area contributed by atoms with Crippen molar-refractivity contribution in [3.05, 3.63) is 46.4 Å². The number of nitrogens with zero attached hydrogens (tertiary/aromatic N) is 3. The molecule has 0 atom stereocenters. The van der Waals surface area contributed by atoms with Crippen molar-refractivity contribution >= 4 is 28.3 Å². The van der Waals surface area contributed by atoms with Crippen molar-refractivity contribution in [3.8, 4) is 11.8 Å². The Morgan fingerprint density at radius 2 is 2.06 bits per heavy atom. The Kier molecular flexibility index (Phi) is 5.73. The molecule has 0 saturated carbocycles. The van der Waals surface area contributed by atoms with E-state index < -0.39 is 5.56 Å². The van der Waals surface area contributed by atoms with Crippen LogP contribution in [0.1, 0.15) is 38.8 Å². The van der Waals surface area contributed by atoms with Gasteiger partial charge in [-0.2, -0.15) is 10.1 Å². The second-order valence-corrected chi connectivity index (χ2v) is 8.57. The van der Waals surface area contributed by atoms with Crippen molar-refractivity contribution in [1.82, 2.24) is 14.8 Å². The summed E-state index contributed by atoms with van der Waals surface area (Å²) in [5.74, 6) is 0.0346. The molecule has 1 aromatic carbocycles. The highest BCUT2D eigenvalue weighted by Gasteiger charge is 2.25. The first-order valence-electron chi connectivity index (χ1n) is 10.4. The number of hydrogen-bond donors (Lipinski definition) is 1. The second kappa shape index (κ2) is 8.49. The molecule has 1 aliphatic carbocycles. The van der Waals surface area contributed by atoms with E-state index in [1.165, 1.54) is 20.3 Å². The Hall–Kier alpha value is -3.62. The number of fused-ring (bicyclic) bond motifs is 1. The molecule has 1 aliphatic rings. The Balaban J connectivity index is 1.55. The maximum Gasteiger partial charge on any atom is 0.394 e. The number of anilines is 1. The number of rotatable bonds is 6. The largest absolute Gasteiger partial charge is 0.494 e. The summed E-state index contributed by atoms with van der Waals surface area (Å²) < 4.78 is 16.9. The van der Waals surface area contributed by atoms with E-state index in [1.54, 1.807) is 18.2 Å². The number of carbonyl (C=O) groups excluding carboxylic acids is 1. The van der Waals surface area contributed by atoms with Crippen molar-refractivity contribution in [2.24, 2.45) is 5.41 Å². The molecule has 32 heavy (non-hydrogen) atoms. The fourth-order valence-electron chi connectivity index (χ4n) is 3.67. The molecule has 0 spiro atoms. The van der Waals surface area contributed by atoms with Crippen molar-refractivity contribution in [2.75, 3.05) is 19.5 Å². The van der Waals surface area contributed by atoms with E-state index in [1.807, 2.05) is 0 Å². The number of allylic oxidation sites excluding steroid dienone is 2. The quantitative estimate of drug-likeness (QED) is 0.626. The first kappa shape index (κ1) is 21.6. The molecular weight excluding hydrogens is 412 g/mol. The van der Waals surface area contributed by atoms with Gasteiger partial charge in [-0.25, -0.2) is 4.68 Å². The number of ether oxygens (including phenoxy) is 2. The van der Waals surface area contributed by atoms with Gasteiger partial charge in [0.15, 0.2) is 11.3 Å². The van der Waals surface area contributed by atoms with E-state index in [4.69, 9.17) is 13.9 Å². The molecule has 2 aromatic heterocycles. The number of methoxy groups -OCH3 is 2. The summed E-state index contributed by atoms with van der Waals surface area (Å²) in [6, 6.07) is 6.43. The number of benzene rings is 1. The van der Waals surface area contributed by atoms with Gasteiger partial charge in [-0.1, -0.05) is 19.9 Å². The lowest BCUT2D eigenvalue weighted by atomic mass is 9.78. The normalized spacial score (nSPS) is 15.3. The summed E-state index contributed by atoms with van der Waals surface area (Å²) in [6.45, 7) is 4.22. The summed E-state index contributed by atoms with van der Waals surface area (Å²) in [4.78, 5) is 29.3. The minimum Gasteiger partial charge on any atom is -0.494 e. The maximum absolute atomic E-state index is 12.6. The molecular formula is C23H26N4O5. The first-order valence-corrected chi connectivity index (χ1v) is 10.4. The van der Waals surface area contributed by atoms with Crippen LogP contribution >= 0.6 is 0 Å². The topological polar surface area (TPSA) is 108 Å². The number of hydrogen-bond acceptors (Lipinski definition) is 7. The monoisotopic (exact) mass is 438 g/mol. The second-order valence-electron chi connectivity index (χ2n) is 8.57. The molecule has 2 heterocycles. The number of carbonyl (C=O) groups is 1. The van der Waals surface area contributed by atoms with Crippen molar-refractivity contribution in [2.45, 2.75) is 39.7 Å². The van der Waals surface area contributed by atoms with E-state index >= 15 is 0 Å². The smallest absolute Gasteiger partial charge is 0.394 e. The standard InChI is InChI=1S/C23H26N4O5/c1-23(2)9-7-14(8-10-23)21-18(30-3)12-20(29)27(26-21)13-19(28)24-15-5-6-17-16(11-15)25-22(31-4)32-17/h5-7,11-12H,8-10,13H2,1-4H3,(H,24,28). The molecule has 0 bridgehead atoms. The molecule has 3 aromatic rings. The summed E-state index contributed by atoms with van der Waals surface area (Å²) in [5.41, 5.74) is 3.08. The number of oxazole rings is 1. The van der Waals surface area contributed by atoms with Gasteiger partial charge in [-0.05, 0) is 48.4 Å². The average molecular weight is 438 g/mol. The molecule has 4 rings (SSSR count). The van der Waals surface area contributed by atoms with E-state index in [2.05, 4.69) is 35.3 Å². The van der Waals surface area contributed by atoms with Crippen LogP contribution in [-0.2, 0) is 11.3 Å². The minimum absolute atomic E-state index is 0.144. The average Bonchev–Trinajstić information content (AvgIpc) is 3.17. The third-order valence-corrected chi connectivity index (χ3v) is 5.58. The van der Waals surface area contributed by atoms with Gasteiger partial charge < -0.3 is 19.2 Å². The summed E-state index contributed by atoms with van der Waals surface area (Å²) in [7, 11) is 2.98. The van der Waals surface area contributed by atoms with Gasteiger partial charge >= 0.3 is 6.08 Å². The molecule has 0 aliphatic heterocycles. The Bertz CT molecular complexity index is 1250. The lowest BCUT2D eigenvalue weighted by Crippen LogP contribution is -2.30. The van der Waals surface area contributed by atoms with Gasteiger partial charge in [0.05, 0.1) is 14.2 Å². The highest BCUT2D eigenvalue weighted by Crippen LogP contribution is 2.39. The zero-order chi connectivity index (χ0) is 22.9. The minimum atomic E-state index is -0.408. The molecule has 0 saturated heterocycles. The Morgan fingerprint density at radius 1 is 1.25 bits per heavy atom. The third kappa shape index (κ3) is 4.51. The lowest BCUT2D eigenvalue weighted by Gasteiger charge is -2.28. The fourth-order valence-corrected chi connectivity index (χ4v) is 3.67. The van der Waals surface area contributed by atoms with Crippen molar-refractivity contribution in [1.29, 1.82) is 0 Å². The van der Waals surface area contributed by atoms with Crippen molar-refractivity contribution in [3.63, 3.8) is 0 Å². The van der Waals surface area contributed by atoms with Crippen LogP contribution in [0.5, 0.6) is 11.8 Å². The fraction of sp³-hybridized carbons (Fsp3) is 0.391. The molecule has 168 valence electrons. The first-order chi connectivity index (χ1) is 15.3. The summed E-state index contributed by atoms with van der Waals surface area (Å²) in [6.07, 6.45) is 5.05. The van der Waals surface area contributed by atoms with Crippen LogP contribution in [0.2, 0.25) is 0 Å². The van der Waals surface area contributed by atoms with Crippen LogP contribution in [0, 0.1) is 5.41 Å². The van der Waals surface area contributed by atoms with Crippen LogP contribution in [0.15, 0.2) is 39.6 Å². The van der Waals surface area contributed by atoms with Crippen LogP contribution < -0.4 is 20.3 Å². The molecule has 9 heteroatoms. The molecule has 0 unspecified atom stereocenters. The molecule has 1 N–H and O–H groups in total. The van der Waals surface area contributed by atoms with Gasteiger partial charge in [-0.3, -0.25) is 9.59 Å². The van der Waals surface area contributed by atoms with Crippen LogP contribution in [0.25, 0.3) is 16.7 Å². The predicted octanol–water partition coefficient (Wildman–Crippen LogP) is 3.63. The van der Waals surface area contributed by atoms with E-state index in [9.17, 15) is 9.59 Å².